The molecule has 0 aliphatic heterocycles. The van der Waals surface area contributed by atoms with Crippen molar-refractivity contribution >= 4 is 16.9 Å². The second-order valence-electron chi connectivity index (χ2n) is 6.99. The SMILES string of the molecule is CCCC(=O)NCCCc1nc2ccccc2n1CCOc1ccccc1C. The Morgan fingerprint density at radius 1 is 1.14 bits per heavy atom. The molecule has 0 spiro atoms. The third kappa shape index (κ3) is 5.12. The first-order valence-corrected chi connectivity index (χ1v) is 10.1. The van der Waals surface area contributed by atoms with Gasteiger partial charge < -0.3 is 14.6 Å². The van der Waals surface area contributed by atoms with Crippen molar-refractivity contribution in [3.63, 3.8) is 0 Å². The van der Waals surface area contributed by atoms with Crippen LogP contribution in [0.2, 0.25) is 0 Å². The highest BCUT2D eigenvalue weighted by molar-refractivity contribution is 5.76. The molecule has 148 valence electrons. The monoisotopic (exact) mass is 379 g/mol. The van der Waals surface area contributed by atoms with E-state index in [0.717, 1.165) is 54.0 Å². The Balaban J connectivity index is 1.63. The highest BCUT2D eigenvalue weighted by atomic mass is 16.5. The molecule has 0 unspecified atom stereocenters. The number of carbonyl (C=O) groups excluding carboxylic acids is 1. The van der Waals surface area contributed by atoms with E-state index in [1.54, 1.807) is 0 Å². The number of ether oxygens (including phenoxy) is 1. The Morgan fingerprint density at radius 3 is 2.75 bits per heavy atom. The highest BCUT2D eigenvalue weighted by Gasteiger charge is 2.11. The fourth-order valence-corrected chi connectivity index (χ4v) is 3.32. The van der Waals surface area contributed by atoms with Crippen LogP contribution in [0.25, 0.3) is 11.0 Å². The summed E-state index contributed by atoms with van der Waals surface area (Å²) >= 11 is 0. The number of aromatic nitrogens is 2. The van der Waals surface area contributed by atoms with E-state index < -0.39 is 0 Å². The number of fused-ring (bicyclic) bond motifs is 1. The standard InChI is InChI=1S/C23H29N3O2/c1-3-9-23(27)24-15-8-14-22-25-19-11-5-6-12-20(19)26(22)16-17-28-21-13-7-4-10-18(21)2/h4-7,10-13H,3,8-9,14-17H2,1-2H3,(H,24,27). The van der Waals surface area contributed by atoms with Gasteiger partial charge in [-0.05, 0) is 43.5 Å². The van der Waals surface area contributed by atoms with Crippen LogP contribution in [-0.2, 0) is 17.8 Å². The normalized spacial score (nSPS) is 10.9. The number of amides is 1. The van der Waals surface area contributed by atoms with Crippen LogP contribution in [0.1, 0.15) is 37.6 Å². The molecule has 0 bridgehead atoms. The number of para-hydroxylation sites is 3. The number of nitrogens with one attached hydrogen (secondary N) is 1. The van der Waals surface area contributed by atoms with Gasteiger partial charge in [0.1, 0.15) is 18.2 Å². The molecule has 0 aliphatic rings. The van der Waals surface area contributed by atoms with Gasteiger partial charge in [0.15, 0.2) is 0 Å². The number of rotatable bonds is 10. The lowest BCUT2D eigenvalue weighted by molar-refractivity contribution is -0.121. The van der Waals surface area contributed by atoms with Gasteiger partial charge in [-0.25, -0.2) is 4.98 Å². The van der Waals surface area contributed by atoms with Gasteiger partial charge in [0.25, 0.3) is 0 Å². The molecule has 1 heterocycles. The second kappa shape index (κ2) is 9.93. The third-order valence-electron chi connectivity index (χ3n) is 4.78. The summed E-state index contributed by atoms with van der Waals surface area (Å²) in [5.41, 5.74) is 3.27. The van der Waals surface area contributed by atoms with Crippen molar-refractivity contribution < 1.29 is 9.53 Å². The van der Waals surface area contributed by atoms with E-state index in [4.69, 9.17) is 9.72 Å². The molecular weight excluding hydrogens is 350 g/mol. The van der Waals surface area contributed by atoms with Crippen LogP contribution < -0.4 is 10.1 Å². The minimum Gasteiger partial charge on any atom is -0.491 e. The molecule has 0 saturated carbocycles. The molecule has 0 fully saturated rings. The summed E-state index contributed by atoms with van der Waals surface area (Å²) < 4.78 is 8.23. The number of benzene rings is 2. The number of carbonyl (C=O) groups is 1. The predicted octanol–water partition coefficient (Wildman–Crippen LogP) is 4.27. The van der Waals surface area contributed by atoms with Crippen LogP contribution in [-0.4, -0.2) is 28.6 Å². The molecule has 0 atom stereocenters. The zero-order valence-corrected chi connectivity index (χ0v) is 16.8. The average Bonchev–Trinajstić information content (AvgIpc) is 3.05. The summed E-state index contributed by atoms with van der Waals surface area (Å²) in [4.78, 5) is 16.4. The van der Waals surface area contributed by atoms with Crippen molar-refractivity contribution in [2.24, 2.45) is 0 Å². The van der Waals surface area contributed by atoms with Gasteiger partial charge in [0, 0.05) is 19.4 Å². The molecule has 0 aliphatic carbocycles. The van der Waals surface area contributed by atoms with Gasteiger partial charge in [0.2, 0.25) is 5.91 Å². The first kappa shape index (κ1) is 19.9. The topological polar surface area (TPSA) is 56.2 Å². The summed E-state index contributed by atoms with van der Waals surface area (Å²) in [6, 6.07) is 16.3. The van der Waals surface area contributed by atoms with Crippen molar-refractivity contribution in [3.8, 4) is 5.75 Å². The lowest BCUT2D eigenvalue weighted by Gasteiger charge is -2.12. The fraction of sp³-hybridized carbons (Fsp3) is 0.391. The van der Waals surface area contributed by atoms with E-state index in [9.17, 15) is 4.79 Å². The first-order chi connectivity index (χ1) is 13.7. The van der Waals surface area contributed by atoms with Crippen LogP contribution in [0, 0.1) is 6.92 Å². The molecule has 5 heteroatoms. The molecule has 28 heavy (non-hydrogen) atoms. The summed E-state index contributed by atoms with van der Waals surface area (Å²) in [6.07, 6.45) is 3.17. The van der Waals surface area contributed by atoms with Crippen LogP contribution in [0.3, 0.4) is 0 Å². The van der Waals surface area contributed by atoms with Crippen molar-refractivity contribution in [1.29, 1.82) is 0 Å². The van der Waals surface area contributed by atoms with Crippen LogP contribution in [0.15, 0.2) is 48.5 Å². The van der Waals surface area contributed by atoms with Gasteiger partial charge in [-0.1, -0.05) is 37.3 Å². The molecule has 5 nitrogen and oxygen atoms in total. The molecule has 3 aromatic rings. The number of hydrogen-bond donors (Lipinski definition) is 1. The summed E-state index contributed by atoms with van der Waals surface area (Å²) in [5, 5.41) is 2.98. The zero-order chi connectivity index (χ0) is 19.8. The summed E-state index contributed by atoms with van der Waals surface area (Å²) in [7, 11) is 0. The molecular formula is C23H29N3O2. The minimum absolute atomic E-state index is 0.127. The Hall–Kier alpha value is -2.82. The van der Waals surface area contributed by atoms with E-state index in [2.05, 4.69) is 28.9 Å². The molecule has 1 amide bonds. The third-order valence-corrected chi connectivity index (χ3v) is 4.78. The summed E-state index contributed by atoms with van der Waals surface area (Å²) in [5.74, 6) is 2.09. The smallest absolute Gasteiger partial charge is 0.219 e. The van der Waals surface area contributed by atoms with E-state index in [-0.39, 0.29) is 5.91 Å². The lowest BCUT2D eigenvalue weighted by atomic mass is 10.2. The predicted molar refractivity (Wildman–Crippen MR) is 113 cm³/mol. The molecule has 0 saturated heterocycles. The van der Waals surface area contributed by atoms with Gasteiger partial charge >= 0.3 is 0 Å². The quantitative estimate of drug-likeness (QED) is 0.535. The molecule has 0 radical (unpaired) electrons. The van der Waals surface area contributed by atoms with E-state index >= 15 is 0 Å². The maximum absolute atomic E-state index is 11.6. The molecule has 3 rings (SSSR count). The highest BCUT2D eigenvalue weighted by Crippen LogP contribution is 2.19. The molecule has 1 aromatic heterocycles. The Morgan fingerprint density at radius 2 is 1.93 bits per heavy atom. The van der Waals surface area contributed by atoms with E-state index in [0.29, 0.717) is 19.6 Å². The van der Waals surface area contributed by atoms with E-state index in [1.807, 2.05) is 43.3 Å². The van der Waals surface area contributed by atoms with E-state index in [1.165, 1.54) is 0 Å². The Labute approximate surface area is 166 Å². The number of imidazole rings is 1. The number of aryl methyl sites for hydroxylation is 2. The van der Waals surface area contributed by atoms with Crippen molar-refractivity contribution in [1.82, 2.24) is 14.9 Å². The Bertz CT molecular complexity index is 917. The largest absolute Gasteiger partial charge is 0.491 e. The lowest BCUT2D eigenvalue weighted by Crippen LogP contribution is -2.24. The number of nitrogens with zero attached hydrogens (tertiary/aromatic N) is 2. The minimum atomic E-state index is 0.127. The maximum atomic E-state index is 11.6. The Kier molecular flexibility index (Phi) is 7.06. The number of hydrogen-bond acceptors (Lipinski definition) is 3. The van der Waals surface area contributed by atoms with Gasteiger partial charge in [-0.2, -0.15) is 0 Å². The zero-order valence-electron chi connectivity index (χ0n) is 16.8. The van der Waals surface area contributed by atoms with Gasteiger partial charge in [-0.15, -0.1) is 0 Å². The molecule has 1 N–H and O–H groups in total. The van der Waals surface area contributed by atoms with Crippen LogP contribution in [0.4, 0.5) is 0 Å². The van der Waals surface area contributed by atoms with Gasteiger partial charge in [-0.3, -0.25) is 4.79 Å². The van der Waals surface area contributed by atoms with Crippen LogP contribution in [0.5, 0.6) is 5.75 Å². The average molecular weight is 380 g/mol. The van der Waals surface area contributed by atoms with Crippen molar-refractivity contribution in [2.45, 2.75) is 46.1 Å². The maximum Gasteiger partial charge on any atom is 0.219 e. The molecule has 2 aromatic carbocycles. The van der Waals surface area contributed by atoms with Crippen LogP contribution >= 0.6 is 0 Å². The fourth-order valence-electron chi connectivity index (χ4n) is 3.32. The van der Waals surface area contributed by atoms with Crippen molar-refractivity contribution in [3.05, 3.63) is 59.9 Å². The van der Waals surface area contributed by atoms with Crippen molar-refractivity contribution in [2.75, 3.05) is 13.2 Å². The van der Waals surface area contributed by atoms with Gasteiger partial charge in [0.05, 0.1) is 17.6 Å². The second-order valence-corrected chi connectivity index (χ2v) is 6.99. The first-order valence-electron chi connectivity index (χ1n) is 10.1. The summed E-state index contributed by atoms with van der Waals surface area (Å²) in [6.45, 7) is 6.08.